The molecule has 3 heteroatoms. The van der Waals surface area contributed by atoms with Crippen LogP contribution >= 0.6 is 0 Å². The van der Waals surface area contributed by atoms with Crippen molar-refractivity contribution in [2.24, 2.45) is 0 Å². The van der Waals surface area contributed by atoms with Gasteiger partial charge in [-0.3, -0.25) is 4.79 Å². The minimum absolute atomic E-state index is 0.231. The van der Waals surface area contributed by atoms with Crippen LogP contribution in [0.2, 0.25) is 0 Å². The molecule has 0 N–H and O–H groups in total. The van der Waals surface area contributed by atoms with E-state index in [1.807, 2.05) is 36.9 Å². The van der Waals surface area contributed by atoms with E-state index in [0.717, 1.165) is 44.6 Å². The van der Waals surface area contributed by atoms with Crippen molar-refractivity contribution in [3.05, 3.63) is 54.1 Å². The van der Waals surface area contributed by atoms with Gasteiger partial charge in [-0.15, -0.1) is 0 Å². The van der Waals surface area contributed by atoms with Gasteiger partial charge in [-0.05, 0) is 45.2 Å². The van der Waals surface area contributed by atoms with Gasteiger partial charge in [0, 0.05) is 37.8 Å². The van der Waals surface area contributed by atoms with Crippen LogP contribution in [0.15, 0.2) is 54.1 Å². The Morgan fingerprint density at radius 2 is 1.92 bits per heavy atom. The summed E-state index contributed by atoms with van der Waals surface area (Å²) in [5.74, 6) is 0.231. The average molecular weight is 341 g/mol. The molecule has 2 rings (SSSR count). The smallest absolute Gasteiger partial charge is 0.226 e. The monoisotopic (exact) mass is 340 g/mol. The molecule has 1 saturated heterocycles. The Morgan fingerprint density at radius 1 is 1.24 bits per heavy atom. The lowest BCUT2D eigenvalue weighted by Crippen LogP contribution is -2.47. The molecule has 1 aromatic carbocycles. The molecule has 0 atom stereocenters. The first kappa shape index (κ1) is 19.5. The third-order valence-corrected chi connectivity index (χ3v) is 4.92. The quantitative estimate of drug-likeness (QED) is 0.665. The summed E-state index contributed by atoms with van der Waals surface area (Å²) in [6, 6.07) is 10.5. The van der Waals surface area contributed by atoms with Crippen molar-refractivity contribution in [3.63, 3.8) is 0 Å². The summed E-state index contributed by atoms with van der Waals surface area (Å²) in [7, 11) is 0. The normalized spacial score (nSPS) is 17.2. The lowest BCUT2D eigenvalue weighted by Gasteiger charge is -2.38. The summed E-state index contributed by atoms with van der Waals surface area (Å²) in [6.45, 7) is 9.45. The zero-order valence-electron chi connectivity index (χ0n) is 15.9. The number of amides is 1. The number of nitrogens with zero attached hydrogens (tertiary/aromatic N) is 2. The van der Waals surface area contributed by atoms with Crippen molar-refractivity contribution >= 4 is 11.6 Å². The Morgan fingerprint density at radius 3 is 2.52 bits per heavy atom. The van der Waals surface area contributed by atoms with Gasteiger partial charge in [0.1, 0.15) is 0 Å². The number of piperidine rings is 1. The number of likely N-dealkylation sites (tertiary alicyclic amines) is 1. The summed E-state index contributed by atoms with van der Waals surface area (Å²) >= 11 is 0. The average Bonchev–Trinajstić information content (AvgIpc) is 2.66. The van der Waals surface area contributed by atoms with E-state index in [2.05, 4.69) is 42.2 Å². The van der Waals surface area contributed by atoms with E-state index >= 15 is 0 Å². The fraction of sp³-hybridized carbons (Fsp3) is 0.500. The highest BCUT2D eigenvalue weighted by molar-refractivity contribution is 5.93. The Bertz CT molecular complexity index is 583. The van der Waals surface area contributed by atoms with E-state index in [9.17, 15) is 4.79 Å². The zero-order valence-corrected chi connectivity index (χ0v) is 15.9. The summed E-state index contributed by atoms with van der Waals surface area (Å²) in [5, 5.41) is 0. The van der Waals surface area contributed by atoms with Crippen molar-refractivity contribution in [2.45, 2.75) is 52.5 Å². The number of para-hydroxylation sites is 1. The van der Waals surface area contributed by atoms with E-state index in [0.29, 0.717) is 12.5 Å². The molecule has 1 aliphatic rings. The van der Waals surface area contributed by atoms with E-state index in [4.69, 9.17) is 0 Å². The second-order valence-electron chi connectivity index (χ2n) is 6.81. The molecule has 25 heavy (non-hydrogen) atoms. The molecule has 0 radical (unpaired) electrons. The van der Waals surface area contributed by atoms with Crippen LogP contribution in [0.3, 0.4) is 0 Å². The standard InChI is InChI=1S/C22H32N2O/c1-4-6-10-19(3)13-16-23-17-14-21(15-18-23)24(22(25)5-2)20-11-8-7-9-12-20/h4,6-12,21H,5,13-18H2,1-3H3/b6-4-,19-10+. The van der Waals surface area contributed by atoms with Crippen molar-refractivity contribution in [3.8, 4) is 0 Å². The van der Waals surface area contributed by atoms with Gasteiger partial charge in [0.05, 0.1) is 0 Å². The van der Waals surface area contributed by atoms with Gasteiger partial charge < -0.3 is 9.80 Å². The lowest BCUT2D eigenvalue weighted by molar-refractivity contribution is -0.119. The first-order valence-electron chi connectivity index (χ1n) is 9.53. The van der Waals surface area contributed by atoms with Gasteiger partial charge in [-0.2, -0.15) is 0 Å². The minimum atomic E-state index is 0.231. The second-order valence-corrected chi connectivity index (χ2v) is 6.81. The third-order valence-electron chi connectivity index (χ3n) is 4.92. The van der Waals surface area contributed by atoms with Crippen molar-refractivity contribution in [1.82, 2.24) is 4.90 Å². The van der Waals surface area contributed by atoms with Gasteiger partial charge in [0.25, 0.3) is 0 Å². The summed E-state index contributed by atoms with van der Waals surface area (Å²) in [5.41, 5.74) is 2.46. The number of allylic oxidation sites excluding steroid dienone is 3. The number of benzene rings is 1. The third kappa shape index (κ3) is 5.86. The topological polar surface area (TPSA) is 23.6 Å². The predicted octanol–water partition coefficient (Wildman–Crippen LogP) is 4.81. The van der Waals surface area contributed by atoms with Gasteiger partial charge >= 0.3 is 0 Å². The largest absolute Gasteiger partial charge is 0.309 e. The molecule has 1 amide bonds. The molecular formula is C22H32N2O. The number of hydrogen-bond acceptors (Lipinski definition) is 2. The number of rotatable bonds is 7. The van der Waals surface area contributed by atoms with Crippen LogP contribution in [0.4, 0.5) is 5.69 Å². The molecule has 1 heterocycles. The highest BCUT2D eigenvalue weighted by Gasteiger charge is 2.28. The zero-order chi connectivity index (χ0) is 18.1. The minimum Gasteiger partial charge on any atom is -0.309 e. The molecule has 1 aliphatic heterocycles. The highest BCUT2D eigenvalue weighted by atomic mass is 16.2. The van der Waals surface area contributed by atoms with E-state index in [1.165, 1.54) is 5.57 Å². The summed E-state index contributed by atoms with van der Waals surface area (Å²) in [6.07, 6.45) is 10.2. The van der Waals surface area contributed by atoms with Gasteiger partial charge in [0.15, 0.2) is 0 Å². The Balaban J connectivity index is 1.92. The maximum absolute atomic E-state index is 12.5. The molecule has 0 unspecified atom stereocenters. The fourth-order valence-corrected chi connectivity index (χ4v) is 3.40. The maximum Gasteiger partial charge on any atom is 0.226 e. The molecule has 0 aromatic heterocycles. The van der Waals surface area contributed by atoms with E-state index < -0.39 is 0 Å². The van der Waals surface area contributed by atoms with Gasteiger partial charge in [0.2, 0.25) is 5.91 Å². The van der Waals surface area contributed by atoms with Crippen molar-refractivity contribution in [1.29, 1.82) is 0 Å². The molecule has 1 fully saturated rings. The van der Waals surface area contributed by atoms with Crippen LogP contribution in [0.25, 0.3) is 0 Å². The van der Waals surface area contributed by atoms with Gasteiger partial charge in [-0.25, -0.2) is 0 Å². The van der Waals surface area contributed by atoms with Gasteiger partial charge in [-0.1, -0.05) is 48.9 Å². The first-order valence-corrected chi connectivity index (χ1v) is 9.53. The van der Waals surface area contributed by atoms with Crippen molar-refractivity contribution in [2.75, 3.05) is 24.5 Å². The second kappa shape index (κ2) is 10.2. The Hall–Kier alpha value is -1.87. The molecule has 0 saturated carbocycles. The Labute approximate surface area is 153 Å². The number of anilines is 1. The van der Waals surface area contributed by atoms with Crippen LogP contribution in [0, 0.1) is 0 Å². The summed E-state index contributed by atoms with van der Waals surface area (Å²) in [4.78, 5) is 17.1. The molecule has 0 aliphatic carbocycles. The van der Waals surface area contributed by atoms with Crippen LogP contribution < -0.4 is 4.90 Å². The van der Waals surface area contributed by atoms with Crippen LogP contribution in [0.1, 0.15) is 46.5 Å². The molecule has 0 bridgehead atoms. The van der Waals surface area contributed by atoms with Crippen LogP contribution in [-0.2, 0) is 4.79 Å². The van der Waals surface area contributed by atoms with Crippen LogP contribution in [-0.4, -0.2) is 36.5 Å². The highest BCUT2D eigenvalue weighted by Crippen LogP contribution is 2.24. The number of carbonyl (C=O) groups excluding carboxylic acids is 1. The Kier molecular flexibility index (Phi) is 7.93. The molecule has 1 aromatic rings. The molecule has 3 nitrogen and oxygen atoms in total. The van der Waals surface area contributed by atoms with Crippen LogP contribution in [0.5, 0.6) is 0 Å². The maximum atomic E-state index is 12.5. The SMILES string of the molecule is C/C=C\C=C(/C)CCN1CCC(N(C(=O)CC)c2ccccc2)CC1. The molecule has 0 spiro atoms. The first-order chi connectivity index (χ1) is 12.2. The molecular weight excluding hydrogens is 308 g/mol. The number of carbonyl (C=O) groups is 1. The fourth-order valence-electron chi connectivity index (χ4n) is 3.40. The lowest BCUT2D eigenvalue weighted by atomic mass is 10.0. The predicted molar refractivity (Wildman–Crippen MR) is 107 cm³/mol. The van der Waals surface area contributed by atoms with E-state index in [-0.39, 0.29) is 5.91 Å². The molecule has 136 valence electrons. The van der Waals surface area contributed by atoms with E-state index in [1.54, 1.807) is 0 Å². The van der Waals surface area contributed by atoms with Crippen molar-refractivity contribution < 1.29 is 4.79 Å². The number of hydrogen-bond donors (Lipinski definition) is 0. The summed E-state index contributed by atoms with van der Waals surface area (Å²) < 4.78 is 0.